The molecular weight excluding hydrogens is 345 g/mol. The number of hydrogen-bond donors (Lipinski definition) is 2. The van der Waals surface area contributed by atoms with Crippen LogP contribution in [-0.2, 0) is 20.1 Å². The van der Waals surface area contributed by atoms with E-state index in [0.29, 0.717) is 19.0 Å². The maximum Gasteiger partial charge on any atom is 0.191 e. The lowest BCUT2D eigenvalue weighted by Gasteiger charge is -2.32. The van der Waals surface area contributed by atoms with E-state index in [9.17, 15) is 4.39 Å². The molecule has 1 fully saturated rings. The standard InChI is InChI=1S/C19H28FN7/c1-21-19(23-12-18-24-14-25-26(18)2)22-11-15-7-9-27(10-8-15)13-16-5-3-4-6-17(16)20/h3-6,14-15H,7-13H2,1-2H3,(H2,21,22,23). The lowest BCUT2D eigenvalue weighted by Crippen LogP contribution is -2.42. The third-order valence-electron chi connectivity index (χ3n) is 5.06. The molecule has 0 amide bonds. The van der Waals surface area contributed by atoms with Gasteiger partial charge in [0.15, 0.2) is 5.96 Å². The van der Waals surface area contributed by atoms with E-state index >= 15 is 0 Å². The summed E-state index contributed by atoms with van der Waals surface area (Å²) in [4.78, 5) is 10.8. The van der Waals surface area contributed by atoms with Crippen molar-refractivity contribution >= 4 is 5.96 Å². The number of aromatic nitrogens is 3. The van der Waals surface area contributed by atoms with E-state index in [0.717, 1.165) is 49.8 Å². The van der Waals surface area contributed by atoms with Gasteiger partial charge in [0.25, 0.3) is 0 Å². The molecule has 0 spiro atoms. The van der Waals surface area contributed by atoms with Gasteiger partial charge in [-0.1, -0.05) is 18.2 Å². The third kappa shape index (κ3) is 5.50. The van der Waals surface area contributed by atoms with Gasteiger partial charge in [-0.25, -0.2) is 9.37 Å². The van der Waals surface area contributed by atoms with Gasteiger partial charge in [-0.05, 0) is 37.9 Å². The van der Waals surface area contributed by atoms with Crippen LogP contribution in [-0.4, -0.2) is 52.3 Å². The molecule has 2 N–H and O–H groups in total. The first-order valence-electron chi connectivity index (χ1n) is 9.39. The maximum absolute atomic E-state index is 13.8. The molecule has 0 saturated carbocycles. The second-order valence-electron chi connectivity index (χ2n) is 6.92. The molecule has 0 atom stereocenters. The maximum atomic E-state index is 13.8. The first-order chi connectivity index (χ1) is 13.2. The average Bonchev–Trinajstić information content (AvgIpc) is 3.10. The van der Waals surface area contributed by atoms with Crippen molar-refractivity contribution < 1.29 is 4.39 Å². The Bertz CT molecular complexity index is 750. The minimum atomic E-state index is -0.112. The van der Waals surface area contributed by atoms with Crippen LogP contribution in [0, 0.1) is 11.7 Å². The topological polar surface area (TPSA) is 70.4 Å². The molecule has 146 valence electrons. The Balaban J connectivity index is 1.38. The smallest absolute Gasteiger partial charge is 0.191 e. The molecule has 8 heteroatoms. The predicted molar refractivity (Wildman–Crippen MR) is 104 cm³/mol. The van der Waals surface area contributed by atoms with Crippen LogP contribution in [0.1, 0.15) is 24.2 Å². The van der Waals surface area contributed by atoms with Crippen molar-refractivity contribution in [2.45, 2.75) is 25.9 Å². The summed E-state index contributed by atoms with van der Waals surface area (Å²) in [5.41, 5.74) is 0.780. The van der Waals surface area contributed by atoms with Gasteiger partial charge in [0.1, 0.15) is 18.0 Å². The van der Waals surface area contributed by atoms with Crippen LogP contribution in [0.3, 0.4) is 0 Å². The number of halogens is 1. The Kier molecular flexibility index (Phi) is 6.75. The van der Waals surface area contributed by atoms with Gasteiger partial charge in [0.05, 0.1) is 6.54 Å². The number of guanidine groups is 1. The molecule has 27 heavy (non-hydrogen) atoms. The Labute approximate surface area is 159 Å². The summed E-state index contributed by atoms with van der Waals surface area (Å²) < 4.78 is 15.5. The Hall–Kier alpha value is -2.48. The highest BCUT2D eigenvalue weighted by molar-refractivity contribution is 5.79. The summed E-state index contributed by atoms with van der Waals surface area (Å²) >= 11 is 0. The number of likely N-dealkylation sites (tertiary alicyclic amines) is 1. The molecule has 1 aromatic carbocycles. The molecule has 3 rings (SSSR count). The molecule has 1 saturated heterocycles. The first-order valence-corrected chi connectivity index (χ1v) is 9.39. The highest BCUT2D eigenvalue weighted by Crippen LogP contribution is 2.19. The molecule has 7 nitrogen and oxygen atoms in total. The minimum Gasteiger partial charge on any atom is -0.356 e. The Morgan fingerprint density at radius 1 is 1.26 bits per heavy atom. The van der Waals surface area contributed by atoms with E-state index in [-0.39, 0.29) is 5.82 Å². The van der Waals surface area contributed by atoms with E-state index in [1.807, 2.05) is 19.2 Å². The van der Waals surface area contributed by atoms with Crippen molar-refractivity contribution in [3.8, 4) is 0 Å². The number of aryl methyl sites for hydroxylation is 1. The SMILES string of the molecule is CN=C(NCc1ncnn1C)NCC1CCN(Cc2ccccc2F)CC1. The summed E-state index contributed by atoms with van der Waals surface area (Å²) in [6.45, 7) is 4.13. The van der Waals surface area contributed by atoms with Crippen LogP contribution in [0.5, 0.6) is 0 Å². The fourth-order valence-corrected chi connectivity index (χ4v) is 3.32. The quantitative estimate of drug-likeness (QED) is 0.594. The van der Waals surface area contributed by atoms with Crippen molar-refractivity contribution in [3.05, 3.63) is 47.8 Å². The lowest BCUT2D eigenvalue weighted by molar-refractivity contribution is 0.176. The summed E-state index contributed by atoms with van der Waals surface area (Å²) in [7, 11) is 3.64. The van der Waals surface area contributed by atoms with Crippen molar-refractivity contribution in [3.63, 3.8) is 0 Å². The molecule has 1 aromatic heterocycles. The summed E-state index contributed by atoms with van der Waals surface area (Å²) in [6, 6.07) is 7.04. The highest BCUT2D eigenvalue weighted by Gasteiger charge is 2.20. The van der Waals surface area contributed by atoms with Crippen LogP contribution in [0.25, 0.3) is 0 Å². The normalized spacial score (nSPS) is 16.5. The number of rotatable bonds is 6. The largest absolute Gasteiger partial charge is 0.356 e. The first kappa shape index (κ1) is 19.3. The monoisotopic (exact) mass is 373 g/mol. The van der Waals surface area contributed by atoms with Crippen LogP contribution in [0.15, 0.2) is 35.6 Å². The summed E-state index contributed by atoms with van der Waals surface area (Å²) in [6.07, 6.45) is 3.74. The number of nitrogens with one attached hydrogen (secondary N) is 2. The number of benzene rings is 1. The predicted octanol–water partition coefficient (Wildman–Crippen LogP) is 1.53. The summed E-state index contributed by atoms with van der Waals surface area (Å²) in [5, 5.41) is 10.7. The van der Waals surface area contributed by atoms with Crippen LogP contribution >= 0.6 is 0 Å². The fourth-order valence-electron chi connectivity index (χ4n) is 3.32. The zero-order valence-corrected chi connectivity index (χ0v) is 16.0. The van der Waals surface area contributed by atoms with E-state index in [1.165, 1.54) is 6.07 Å². The molecule has 2 heterocycles. The summed E-state index contributed by atoms with van der Waals surface area (Å²) in [5.74, 6) is 2.11. The number of aliphatic imine (C=N–C) groups is 1. The molecule has 1 aliphatic heterocycles. The molecule has 2 aromatic rings. The average molecular weight is 373 g/mol. The van der Waals surface area contributed by atoms with Gasteiger partial charge in [-0.3, -0.25) is 14.6 Å². The van der Waals surface area contributed by atoms with Gasteiger partial charge in [-0.2, -0.15) is 5.10 Å². The van der Waals surface area contributed by atoms with E-state index in [1.54, 1.807) is 24.1 Å². The van der Waals surface area contributed by atoms with Gasteiger partial charge < -0.3 is 10.6 Å². The lowest BCUT2D eigenvalue weighted by atomic mass is 9.96. The molecule has 0 aliphatic carbocycles. The highest BCUT2D eigenvalue weighted by atomic mass is 19.1. The van der Waals surface area contributed by atoms with Gasteiger partial charge >= 0.3 is 0 Å². The van der Waals surface area contributed by atoms with E-state index < -0.39 is 0 Å². The van der Waals surface area contributed by atoms with Crippen LogP contribution in [0.4, 0.5) is 4.39 Å². The Morgan fingerprint density at radius 3 is 2.70 bits per heavy atom. The molecule has 0 unspecified atom stereocenters. The number of hydrogen-bond acceptors (Lipinski definition) is 4. The van der Waals surface area contributed by atoms with Crippen LogP contribution in [0.2, 0.25) is 0 Å². The van der Waals surface area contributed by atoms with Crippen molar-refractivity contribution in [2.24, 2.45) is 18.0 Å². The van der Waals surface area contributed by atoms with Crippen molar-refractivity contribution in [1.29, 1.82) is 0 Å². The van der Waals surface area contributed by atoms with E-state index in [2.05, 4.69) is 30.6 Å². The van der Waals surface area contributed by atoms with Crippen molar-refractivity contribution in [2.75, 3.05) is 26.7 Å². The Morgan fingerprint density at radius 2 is 2.04 bits per heavy atom. The zero-order chi connectivity index (χ0) is 19.1. The minimum absolute atomic E-state index is 0.112. The van der Waals surface area contributed by atoms with Gasteiger partial charge in [0, 0.05) is 32.7 Å². The molecule has 0 bridgehead atoms. The van der Waals surface area contributed by atoms with Gasteiger partial charge in [0.2, 0.25) is 0 Å². The molecular formula is C19H28FN7. The fraction of sp³-hybridized carbons (Fsp3) is 0.526. The molecule has 1 aliphatic rings. The van der Waals surface area contributed by atoms with Gasteiger partial charge in [-0.15, -0.1) is 0 Å². The second kappa shape index (κ2) is 9.45. The van der Waals surface area contributed by atoms with E-state index in [4.69, 9.17) is 0 Å². The van der Waals surface area contributed by atoms with Crippen LogP contribution < -0.4 is 10.6 Å². The number of nitrogens with zero attached hydrogens (tertiary/aromatic N) is 5. The number of piperidine rings is 1. The van der Waals surface area contributed by atoms with Crippen molar-refractivity contribution in [1.82, 2.24) is 30.3 Å². The zero-order valence-electron chi connectivity index (χ0n) is 16.0. The third-order valence-corrected chi connectivity index (χ3v) is 5.06. The molecule has 0 radical (unpaired) electrons. The second-order valence-corrected chi connectivity index (χ2v) is 6.92.